The molecule has 0 bridgehead atoms. The lowest BCUT2D eigenvalue weighted by atomic mass is 9.97. The van der Waals surface area contributed by atoms with Crippen molar-refractivity contribution in [3.63, 3.8) is 0 Å². The smallest absolute Gasteiger partial charge is 0.225 e. The molecule has 1 atom stereocenters. The first-order chi connectivity index (χ1) is 16.2. The zero-order valence-electron chi connectivity index (χ0n) is 19.4. The zero-order chi connectivity index (χ0) is 22.9. The van der Waals surface area contributed by atoms with Crippen LogP contribution in [0.25, 0.3) is 11.1 Å². The van der Waals surface area contributed by atoms with E-state index in [-0.39, 0.29) is 11.8 Å². The van der Waals surface area contributed by atoms with Crippen molar-refractivity contribution in [3.05, 3.63) is 78.6 Å². The molecule has 6 nitrogen and oxygen atoms in total. The molecule has 4 rings (SSSR count). The summed E-state index contributed by atoms with van der Waals surface area (Å²) in [5.74, 6) is 0.809. The highest BCUT2D eigenvalue weighted by Gasteiger charge is 2.27. The summed E-state index contributed by atoms with van der Waals surface area (Å²) in [6.45, 7) is 7.08. The van der Waals surface area contributed by atoms with Crippen LogP contribution in [-0.4, -0.2) is 53.5 Å². The van der Waals surface area contributed by atoms with E-state index in [4.69, 9.17) is 0 Å². The SMILES string of the molecule is CCN(CCNC(=O)[C@@H]1CCCN(c2ncc(-c3ccccc3)cn2)C1)Cc1ccccc1. The van der Waals surface area contributed by atoms with E-state index in [0.29, 0.717) is 19.0 Å². The summed E-state index contributed by atoms with van der Waals surface area (Å²) in [4.78, 5) is 26.5. The number of anilines is 1. The minimum Gasteiger partial charge on any atom is -0.355 e. The number of rotatable bonds is 9. The van der Waals surface area contributed by atoms with Crippen LogP contribution in [0.1, 0.15) is 25.3 Å². The number of benzene rings is 2. The lowest BCUT2D eigenvalue weighted by Gasteiger charge is -2.32. The van der Waals surface area contributed by atoms with Gasteiger partial charge in [-0.3, -0.25) is 9.69 Å². The second-order valence-electron chi connectivity index (χ2n) is 8.57. The van der Waals surface area contributed by atoms with Gasteiger partial charge in [-0.05, 0) is 30.5 Å². The number of carbonyl (C=O) groups excluding carboxylic acids is 1. The normalized spacial score (nSPS) is 16.1. The molecule has 3 aromatic rings. The molecule has 33 heavy (non-hydrogen) atoms. The van der Waals surface area contributed by atoms with Gasteiger partial charge in [-0.15, -0.1) is 0 Å². The first-order valence-electron chi connectivity index (χ1n) is 11.9. The molecule has 1 saturated heterocycles. The highest BCUT2D eigenvalue weighted by molar-refractivity contribution is 5.79. The van der Waals surface area contributed by atoms with Crippen molar-refractivity contribution in [1.29, 1.82) is 0 Å². The maximum absolute atomic E-state index is 12.8. The largest absolute Gasteiger partial charge is 0.355 e. The van der Waals surface area contributed by atoms with Crippen LogP contribution in [-0.2, 0) is 11.3 Å². The molecule has 0 aliphatic carbocycles. The molecule has 0 saturated carbocycles. The maximum atomic E-state index is 12.8. The fourth-order valence-corrected chi connectivity index (χ4v) is 4.31. The van der Waals surface area contributed by atoms with E-state index in [9.17, 15) is 4.79 Å². The molecule has 6 heteroatoms. The number of nitrogens with one attached hydrogen (secondary N) is 1. The van der Waals surface area contributed by atoms with Crippen LogP contribution in [0.4, 0.5) is 5.95 Å². The molecule has 172 valence electrons. The fourth-order valence-electron chi connectivity index (χ4n) is 4.31. The van der Waals surface area contributed by atoms with Crippen molar-refractivity contribution in [2.24, 2.45) is 5.92 Å². The molecule has 1 aromatic heterocycles. The minimum absolute atomic E-state index is 0.0275. The van der Waals surface area contributed by atoms with Gasteiger partial charge in [0.2, 0.25) is 11.9 Å². The number of nitrogens with zero attached hydrogens (tertiary/aromatic N) is 4. The number of carbonyl (C=O) groups is 1. The highest BCUT2D eigenvalue weighted by Crippen LogP contribution is 2.22. The van der Waals surface area contributed by atoms with Crippen LogP contribution in [0.15, 0.2) is 73.1 Å². The fraction of sp³-hybridized carbons (Fsp3) is 0.370. The summed E-state index contributed by atoms with van der Waals surface area (Å²) < 4.78 is 0. The van der Waals surface area contributed by atoms with Crippen molar-refractivity contribution < 1.29 is 4.79 Å². The van der Waals surface area contributed by atoms with Crippen molar-refractivity contribution in [2.75, 3.05) is 37.6 Å². The Morgan fingerprint density at radius 1 is 1.03 bits per heavy atom. The molecule has 0 unspecified atom stereocenters. The van der Waals surface area contributed by atoms with Gasteiger partial charge in [0.25, 0.3) is 0 Å². The Morgan fingerprint density at radius 2 is 1.73 bits per heavy atom. The molecule has 2 heterocycles. The molecule has 1 aliphatic rings. The molecule has 2 aromatic carbocycles. The number of aromatic nitrogens is 2. The molecular formula is C27H33N5O. The average molecular weight is 444 g/mol. The Hall–Kier alpha value is -3.25. The molecular weight excluding hydrogens is 410 g/mol. The second-order valence-corrected chi connectivity index (χ2v) is 8.57. The van der Waals surface area contributed by atoms with E-state index in [1.165, 1.54) is 5.56 Å². The number of piperidine rings is 1. The van der Waals surface area contributed by atoms with E-state index in [1.54, 1.807) is 0 Å². The van der Waals surface area contributed by atoms with Gasteiger partial charge in [0.15, 0.2) is 0 Å². The van der Waals surface area contributed by atoms with Crippen LogP contribution >= 0.6 is 0 Å². The zero-order valence-corrected chi connectivity index (χ0v) is 19.4. The Balaban J connectivity index is 1.27. The summed E-state index contributed by atoms with van der Waals surface area (Å²) in [5.41, 5.74) is 3.40. The first kappa shape index (κ1) is 22.9. The summed E-state index contributed by atoms with van der Waals surface area (Å²) >= 11 is 0. The van der Waals surface area contributed by atoms with E-state index in [0.717, 1.165) is 50.1 Å². The quantitative estimate of drug-likeness (QED) is 0.542. The lowest BCUT2D eigenvalue weighted by molar-refractivity contribution is -0.125. The third-order valence-electron chi connectivity index (χ3n) is 6.24. The number of hydrogen-bond acceptors (Lipinski definition) is 5. The topological polar surface area (TPSA) is 61.4 Å². The lowest BCUT2D eigenvalue weighted by Crippen LogP contribution is -2.45. The standard InChI is InChI=1S/C27H33N5O/c1-2-31(20-22-10-5-3-6-11-22)17-15-28-26(33)24-14-9-16-32(21-24)27-29-18-25(19-30-27)23-12-7-4-8-13-23/h3-8,10-13,18-19,24H,2,9,14-17,20-21H2,1H3,(H,28,33)/t24-/m1/s1. The maximum Gasteiger partial charge on any atom is 0.225 e. The summed E-state index contributed by atoms with van der Waals surface area (Å²) in [6, 6.07) is 20.6. The van der Waals surface area contributed by atoms with Crippen LogP contribution in [0.2, 0.25) is 0 Å². The van der Waals surface area contributed by atoms with Crippen LogP contribution < -0.4 is 10.2 Å². The van der Waals surface area contributed by atoms with Crippen molar-refractivity contribution in [3.8, 4) is 11.1 Å². The molecule has 1 N–H and O–H groups in total. The monoisotopic (exact) mass is 443 g/mol. The van der Waals surface area contributed by atoms with E-state index in [2.05, 4.69) is 68.4 Å². The Bertz CT molecular complexity index is 994. The van der Waals surface area contributed by atoms with Crippen LogP contribution in [0.3, 0.4) is 0 Å². The Kier molecular flexibility index (Phi) is 8.04. The molecule has 1 amide bonds. The summed E-state index contributed by atoms with van der Waals surface area (Å²) in [6.07, 6.45) is 5.61. The van der Waals surface area contributed by atoms with E-state index in [1.807, 2.05) is 36.7 Å². The molecule has 0 spiro atoms. The number of likely N-dealkylation sites (N-methyl/N-ethyl adjacent to an activating group) is 1. The average Bonchev–Trinajstić information content (AvgIpc) is 2.89. The van der Waals surface area contributed by atoms with Crippen LogP contribution in [0, 0.1) is 5.92 Å². The number of amides is 1. The highest BCUT2D eigenvalue weighted by atomic mass is 16.1. The van der Waals surface area contributed by atoms with Gasteiger partial charge in [0.1, 0.15) is 0 Å². The predicted molar refractivity (Wildman–Crippen MR) is 133 cm³/mol. The van der Waals surface area contributed by atoms with Gasteiger partial charge >= 0.3 is 0 Å². The van der Waals surface area contributed by atoms with E-state index < -0.39 is 0 Å². The van der Waals surface area contributed by atoms with E-state index >= 15 is 0 Å². The molecule has 0 radical (unpaired) electrons. The summed E-state index contributed by atoms with van der Waals surface area (Å²) in [7, 11) is 0. The van der Waals surface area contributed by atoms with Gasteiger partial charge in [0, 0.05) is 50.7 Å². The van der Waals surface area contributed by atoms with Gasteiger partial charge in [-0.25, -0.2) is 9.97 Å². The predicted octanol–water partition coefficient (Wildman–Crippen LogP) is 4.00. The van der Waals surface area contributed by atoms with Gasteiger partial charge in [-0.1, -0.05) is 67.6 Å². The number of hydrogen-bond donors (Lipinski definition) is 1. The molecule has 1 aliphatic heterocycles. The first-order valence-corrected chi connectivity index (χ1v) is 11.9. The Morgan fingerprint density at radius 3 is 2.42 bits per heavy atom. The van der Waals surface area contributed by atoms with Gasteiger partial charge < -0.3 is 10.2 Å². The van der Waals surface area contributed by atoms with Gasteiger partial charge in [0.05, 0.1) is 5.92 Å². The second kappa shape index (κ2) is 11.6. The van der Waals surface area contributed by atoms with Crippen LogP contribution in [0.5, 0.6) is 0 Å². The third-order valence-corrected chi connectivity index (χ3v) is 6.24. The minimum atomic E-state index is -0.0275. The van der Waals surface area contributed by atoms with Crippen molar-refractivity contribution in [1.82, 2.24) is 20.2 Å². The van der Waals surface area contributed by atoms with Gasteiger partial charge in [-0.2, -0.15) is 0 Å². The third kappa shape index (κ3) is 6.39. The van der Waals surface area contributed by atoms with Crippen molar-refractivity contribution in [2.45, 2.75) is 26.3 Å². The Labute approximate surface area is 196 Å². The summed E-state index contributed by atoms with van der Waals surface area (Å²) in [5, 5.41) is 3.16. The molecule has 1 fully saturated rings. The van der Waals surface area contributed by atoms with Crippen molar-refractivity contribution >= 4 is 11.9 Å².